The van der Waals surface area contributed by atoms with Crippen LogP contribution in [0, 0.1) is 11.3 Å². The molecule has 0 bridgehead atoms. The first kappa shape index (κ1) is 18.5. The van der Waals surface area contributed by atoms with Gasteiger partial charge in [-0.25, -0.2) is 0 Å². The Kier molecular flexibility index (Phi) is 7.16. The van der Waals surface area contributed by atoms with Gasteiger partial charge in [-0.05, 0) is 68.7 Å². The Morgan fingerprint density at radius 1 is 1.17 bits per heavy atom. The fourth-order valence-corrected chi connectivity index (χ4v) is 4.64. The number of hydrogen-bond donors (Lipinski definition) is 2. The zero-order valence-corrected chi connectivity index (χ0v) is 15.2. The van der Waals surface area contributed by atoms with Crippen LogP contribution in [0.1, 0.15) is 64.7 Å². The minimum atomic E-state index is 0.161. The lowest BCUT2D eigenvalue weighted by molar-refractivity contribution is -0.154. The number of rotatable bonds is 7. The highest BCUT2D eigenvalue weighted by atomic mass is 16.5. The van der Waals surface area contributed by atoms with E-state index in [-0.39, 0.29) is 5.60 Å². The number of allylic oxidation sites excluding steroid dienone is 3. The lowest BCUT2D eigenvalue weighted by atomic mass is 9.61. The van der Waals surface area contributed by atoms with E-state index < -0.39 is 0 Å². The van der Waals surface area contributed by atoms with Crippen molar-refractivity contribution in [2.75, 3.05) is 20.2 Å². The molecule has 1 aliphatic carbocycles. The molecule has 2 atom stereocenters. The smallest absolute Gasteiger partial charge is 0.0688 e. The molecule has 0 aromatic heterocycles. The predicted octanol–water partition coefficient (Wildman–Crippen LogP) is 4.15. The van der Waals surface area contributed by atoms with Gasteiger partial charge in [-0.1, -0.05) is 38.3 Å². The maximum Gasteiger partial charge on any atom is 0.0688 e. The summed E-state index contributed by atoms with van der Waals surface area (Å²) in [5.74, 6) is 0.568. The minimum absolute atomic E-state index is 0.161. The van der Waals surface area contributed by atoms with Gasteiger partial charge in [0.1, 0.15) is 0 Å². The maximum absolute atomic E-state index is 6.36. The Bertz CT molecular complexity index is 393. The Balaban J connectivity index is 2.13. The molecular weight excluding hydrogens is 284 g/mol. The average molecular weight is 321 g/mol. The van der Waals surface area contributed by atoms with Crippen LogP contribution in [0.15, 0.2) is 24.4 Å². The van der Waals surface area contributed by atoms with Gasteiger partial charge in [0, 0.05) is 13.7 Å². The van der Waals surface area contributed by atoms with Crippen LogP contribution >= 0.6 is 0 Å². The van der Waals surface area contributed by atoms with Gasteiger partial charge in [-0.2, -0.15) is 0 Å². The summed E-state index contributed by atoms with van der Waals surface area (Å²) in [5.41, 5.74) is 6.37. The normalized spacial score (nSPS) is 29.3. The highest BCUT2D eigenvalue weighted by Crippen LogP contribution is 2.52. The Morgan fingerprint density at radius 3 is 2.65 bits per heavy atom. The fraction of sp³-hybridized carbons (Fsp3) is 0.800. The molecule has 23 heavy (non-hydrogen) atoms. The molecular formula is C20H36N2O. The van der Waals surface area contributed by atoms with E-state index in [0.29, 0.717) is 11.3 Å². The summed E-state index contributed by atoms with van der Waals surface area (Å²) in [6, 6.07) is 0. The van der Waals surface area contributed by atoms with E-state index in [1.807, 2.05) is 13.2 Å². The van der Waals surface area contributed by atoms with E-state index in [2.05, 4.69) is 30.5 Å². The molecule has 3 nitrogen and oxygen atoms in total. The first-order valence-electron chi connectivity index (χ1n) is 9.51. The van der Waals surface area contributed by atoms with Crippen molar-refractivity contribution < 1.29 is 4.74 Å². The van der Waals surface area contributed by atoms with Gasteiger partial charge in [0.05, 0.1) is 5.60 Å². The van der Waals surface area contributed by atoms with Crippen LogP contribution in [0.2, 0.25) is 0 Å². The molecule has 1 heterocycles. The van der Waals surface area contributed by atoms with Crippen LogP contribution in [-0.4, -0.2) is 25.8 Å². The Labute approximate surface area is 142 Å². The summed E-state index contributed by atoms with van der Waals surface area (Å²) >= 11 is 0. The number of nitrogens with one attached hydrogen (secondary N) is 1. The van der Waals surface area contributed by atoms with Crippen molar-refractivity contribution in [1.82, 2.24) is 5.32 Å². The molecule has 3 heteroatoms. The summed E-state index contributed by atoms with van der Waals surface area (Å²) in [4.78, 5) is 0. The minimum Gasteiger partial charge on any atom is -0.394 e. The van der Waals surface area contributed by atoms with E-state index >= 15 is 0 Å². The molecule has 0 radical (unpaired) electrons. The fourth-order valence-electron chi connectivity index (χ4n) is 4.64. The van der Waals surface area contributed by atoms with Crippen molar-refractivity contribution in [3.63, 3.8) is 0 Å². The maximum atomic E-state index is 6.36. The molecule has 2 rings (SSSR count). The Morgan fingerprint density at radius 2 is 1.96 bits per heavy atom. The van der Waals surface area contributed by atoms with Crippen molar-refractivity contribution in [1.29, 1.82) is 0 Å². The number of ether oxygens (including phenoxy) is 1. The summed E-state index contributed by atoms with van der Waals surface area (Å²) in [7, 11) is 1.93. The first-order chi connectivity index (χ1) is 11.2. The highest BCUT2D eigenvalue weighted by molar-refractivity contribution is 5.08. The molecule has 1 unspecified atom stereocenters. The molecule has 2 aliphatic rings. The third-order valence-electron chi connectivity index (χ3n) is 6.07. The van der Waals surface area contributed by atoms with Gasteiger partial charge in [0.15, 0.2) is 0 Å². The third-order valence-corrected chi connectivity index (χ3v) is 6.07. The van der Waals surface area contributed by atoms with E-state index in [0.717, 1.165) is 19.6 Å². The second kappa shape index (κ2) is 8.89. The van der Waals surface area contributed by atoms with Gasteiger partial charge in [0.2, 0.25) is 0 Å². The van der Waals surface area contributed by atoms with Gasteiger partial charge in [-0.15, -0.1) is 0 Å². The molecule has 3 N–H and O–H groups in total. The molecule has 132 valence electrons. The van der Waals surface area contributed by atoms with Crippen molar-refractivity contribution >= 4 is 0 Å². The second-order valence-electron chi connectivity index (χ2n) is 7.59. The highest BCUT2D eigenvalue weighted by Gasteiger charge is 2.47. The van der Waals surface area contributed by atoms with Gasteiger partial charge in [-0.3, -0.25) is 0 Å². The van der Waals surface area contributed by atoms with E-state index in [9.17, 15) is 0 Å². The van der Waals surface area contributed by atoms with Crippen LogP contribution in [0.3, 0.4) is 0 Å². The quantitative estimate of drug-likeness (QED) is 0.693. The monoisotopic (exact) mass is 320 g/mol. The first-order valence-corrected chi connectivity index (χ1v) is 9.51. The molecule has 1 saturated heterocycles. The van der Waals surface area contributed by atoms with Crippen molar-refractivity contribution in [3.05, 3.63) is 24.4 Å². The lowest BCUT2D eigenvalue weighted by Gasteiger charge is -2.52. The Hall–Kier alpha value is -0.800. The second-order valence-corrected chi connectivity index (χ2v) is 7.59. The number of hydrogen-bond acceptors (Lipinski definition) is 3. The molecule has 2 fully saturated rings. The third kappa shape index (κ3) is 4.84. The zero-order valence-electron chi connectivity index (χ0n) is 15.2. The van der Waals surface area contributed by atoms with Crippen molar-refractivity contribution in [2.24, 2.45) is 17.1 Å². The van der Waals surface area contributed by atoms with E-state index in [4.69, 9.17) is 10.5 Å². The SMILES string of the molecule is CN/C=C\C=C/C(C)[C@]1(CCCN)CCOC2(CCCCC2)C1. The van der Waals surface area contributed by atoms with Crippen molar-refractivity contribution in [3.8, 4) is 0 Å². The molecule has 1 saturated carbocycles. The van der Waals surface area contributed by atoms with Gasteiger partial charge >= 0.3 is 0 Å². The summed E-state index contributed by atoms with van der Waals surface area (Å²) in [5, 5.41) is 3.04. The molecule has 0 aromatic carbocycles. The van der Waals surface area contributed by atoms with Crippen molar-refractivity contribution in [2.45, 2.75) is 70.3 Å². The topological polar surface area (TPSA) is 47.3 Å². The van der Waals surface area contributed by atoms with Gasteiger partial charge in [0.25, 0.3) is 0 Å². The van der Waals surface area contributed by atoms with Crippen LogP contribution in [0.4, 0.5) is 0 Å². The van der Waals surface area contributed by atoms with Crippen LogP contribution in [0.5, 0.6) is 0 Å². The molecule has 0 amide bonds. The molecule has 0 aromatic rings. The summed E-state index contributed by atoms with van der Waals surface area (Å²) in [6.07, 6.45) is 20.0. The zero-order chi connectivity index (χ0) is 16.6. The van der Waals surface area contributed by atoms with Gasteiger partial charge < -0.3 is 15.8 Å². The summed E-state index contributed by atoms with van der Waals surface area (Å²) in [6.45, 7) is 4.11. The predicted molar refractivity (Wildman–Crippen MR) is 98.2 cm³/mol. The van der Waals surface area contributed by atoms with Crippen LogP contribution < -0.4 is 11.1 Å². The average Bonchev–Trinajstić information content (AvgIpc) is 2.57. The lowest BCUT2D eigenvalue weighted by Crippen LogP contribution is -2.48. The van der Waals surface area contributed by atoms with E-state index in [1.54, 1.807) is 0 Å². The molecule has 1 spiro atoms. The molecule has 1 aliphatic heterocycles. The summed E-state index contributed by atoms with van der Waals surface area (Å²) < 4.78 is 6.36. The van der Waals surface area contributed by atoms with Crippen LogP contribution in [-0.2, 0) is 4.74 Å². The van der Waals surface area contributed by atoms with E-state index in [1.165, 1.54) is 51.4 Å². The van der Waals surface area contributed by atoms with Crippen LogP contribution in [0.25, 0.3) is 0 Å². The largest absolute Gasteiger partial charge is 0.394 e. The standard InChI is InChI=1S/C20H36N2O/c1-18(9-4-7-15-22-2)19(10-8-14-21)13-16-23-20(17-19)11-5-3-6-12-20/h4,7,9,15,18,22H,3,5-6,8,10-14,16-17,21H2,1-2H3/b9-4-,15-7-/t18?,19-/m1/s1. The number of nitrogens with two attached hydrogens (primary N) is 1.